The third-order valence-corrected chi connectivity index (χ3v) is 8.59. The summed E-state index contributed by atoms with van der Waals surface area (Å²) in [7, 11) is 6.64. The van der Waals surface area contributed by atoms with E-state index in [0.717, 1.165) is 36.9 Å². The van der Waals surface area contributed by atoms with Crippen molar-refractivity contribution in [1.29, 1.82) is 0 Å². The molecule has 8 heteroatoms. The van der Waals surface area contributed by atoms with Crippen LogP contribution < -0.4 is 28.4 Å². The van der Waals surface area contributed by atoms with Crippen LogP contribution in [0.3, 0.4) is 0 Å². The topological polar surface area (TPSA) is 55.4 Å². The van der Waals surface area contributed by atoms with Crippen molar-refractivity contribution in [3.8, 4) is 45.6 Å². The Labute approximate surface area is 210 Å². The highest BCUT2D eigenvalue weighted by molar-refractivity contribution is 14.1. The molecule has 1 heterocycles. The van der Waals surface area contributed by atoms with Gasteiger partial charge in [-0.2, -0.15) is 0 Å². The molecule has 0 fully saturated rings. The number of hydrogen-bond acceptors (Lipinski definition) is 6. The first-order valence-electron chi connectivity index (χ1n) is 10.1. The van der Waals surface area contributed by atoms with Gasteiger partial charge in [0.2, 0.25) is 18.3 Å². The molecular weight excluding hydrogens is 626 g/mol. The van der Waals surface area contributed by atoms with Crippen molar-refractivity contribution in [2.24, 2.45) is 11.8 Å². The van der Waals surface area contributed by atoms with Crippen molar-refractivity contribution >= 4 is 45.2 Å². The molecule has 1 aliphatic carbocycles. The summed E-state index contributed by atoms with van der Waals surface area (Å²) in [6.45, 7) is 4.79. The van der Waals surface area contributed by atoms with Gasteiger partial charge in [0, 0.05) is 11.1 Å². The normalized spacial score (nSPS) is 19.1. The van der Waals surface area contributed by atoms with Crippen LogP contribution in [-0.4, -0.2) is 35.2 Å². The molecule has 2 aromatic carbocycles. The smallest absolute Gasteiger partial charge is 0.231 e. The maximum Gasteiger partial charge on any atom is 0.231 e. The zero-order valence-corrected chi connectivity index (χ0v) is 22.8. The van der Waals surface area contributed by atoms with Crippen LogP contribution in [0.5, 0.6) is 34.5 Å². The van der Waals surface area contributed by atoms with Crippen LogP contribution in [0.1, 0.15) is 25.0 Å². The minimum Gasteiger partial charge on any atom is -0.492 e. The summed E-state index contributed by atoms with van der Waals surface area (Å²) in [4.78, 5) is 0. The molecule has 2 atom stereocenters. The van der Waals surface area contributed by atoms with Crippen LogP contribution in [0, 0.1) is 19.0 Å². The van der Waals surface area contributed by atoms with Gasteiger partial charge in [-0.3, -0.25) is 0 Å². The molecule has 0 saturated heterocycles. The zero-order valence-electron chi connectivity index (χ0n) is 18.5. The molecule has 31 heavy (non-hydrogen) atoms. The average Bonchev–Trinajstić information content (AvgIpc) is 3.25. The molecule has 0 N–H and O–H groups in total. The summed E-state index contributed by atoms with van der Waals surface area (Å²) in [5, 5.41) is 0. The highest BCUT2D eigenvalue weighted by Crippen LogP contribution is 2.59. The average molecular weight is 652 g/mol. The second kappa shape index (κ2) is 8.92. The van der Waals surface area contributed by atoms with E-state index in [9.17, 15) is 0 Å². The Morgan fingerprint density at radius 1 is 0.645 bits per heavy atom. The molecule has 2 aliphatic rings. The molecule has 1 aliphatic heterocycles. The lowest BCUT2D eigenvalue weighted by atomic mass is 9.77. The summed E-state index contributed by atoms with van der Waals surface area (Å²) >= 11 is 4.74. The monoisotopic (exact) mass is 652 g/mol. The molecule has 168 valence electrons. The van der Waals surface area contributed by atoms with E-state index in [2.05, 4.69) is 59.0 Å². The summed E-state index contributed by atoms with van der Waals surface area (Å²) in [5.74, 6) is 4.90. The first-order valence-corrected chi connectivity index (χ1v) is 12.2. The fourth-order valence-electron chi connectivity index (χ4n) is 4.52. The van der Waals surface area contributed by atoms with Crippen LogP contribution in [0.2, 0.25) is 0 Å². The van der Waals surface area contributed by atoms with Gasteiger partial charge < -0.3 is 28.4 Å². The van der Waals surface area contributed by atoms with Gasteiger partial charge in [-0.1, -0.05) is 13.8 Å². The first kappa shape index (κ1) is 22.9. The second-order valence-corrected chi connectivity index (χ2v) is 10.1. The molecule has 0 radical (unpaired) electrons. The van der Waals surface area contributed by atoms with Gasteiger partial charge in [0.1, 0.15) is 0 Å². The number of benzene rings is 2. The van der Waals surface area contributed by atoms with E-state index in [1.165, 1.54) is 11.1 Å². The van der Waals surface area contributed by atoms with E-state index in [-0.39, 0.29) is 6.79 Å². The van der Waals surface area contributed by atoms with Crippen LogP contribution >= 0.6 is 45.2 Å². The maximum absolute atomic E-state index is 5.97. The van der Waals surface area contributed by atoms with E-state index >= 15 is 0 Å². The predicted octanol–water partition coefficient (Wildman–Crippen LogP) is 5.70. The van der Waals surface area contributed by atoms with E-state index in [1.54, 1.807) is 28.4 Å². The lowest BCUT2D eigenvalue weighted by Crippen LogP contribution is -2.20. The molecule has 2 aromatic rings. The molecule has 6 nitrogen and oxygen atoms in total. The number of rotatable bonds is 4. The molecule has 0 bridgehead atoms. The summed E-state index contributed by atoms with van der Waals surface area (Å²) in [6.07, 6.45) is 1.79. The van der Waals surface area contributed by atoms with E-state index in [4.69, 9.17) is 28.4 Å². The Bertz CT molecular complexity index is 1040. The zero-order chi connectivity index (χ0) is 22.4. The van der Waals surface area contributed by atoms with Crippen LogP contribution in [0.4, 0.5) is 0 Å². The van der Waals surface area contributed by atoms with Gasteiger partial charge in [-0.05, 0) is 81.0 Å². The summed E-state index contributed by atoms with van der Waals surface area (Å²) in [5.41, 5.74) is 4.32. The van der Waals surface area contributed by atoms with Gasteiger partial charge in [-0.25, -0.2) is 0 Å². The highest BCUT2D eigenvalue weighted by atomic mass is 127. The van der Waals surface area contributed by atoms with E-state index in [0.29, 0.717) is 40.6 Å². The van der Waals surface area contributed by atoms with Crippen molar-refractivity contribution in [3.63, 3.8) is 0 Å². The first-order chi connectivity index (χ1) is 14.9. The van der Waals surface area contributed by atoms with Crippen LogP contribution in [-0.2, 0) is 12.8 Å². The number of halogens is 2. The van der Waals surface area contributed by atoms with Crippen molar-refractivity contribution in [2.45, 2.75) is 26.7 Å². The number of methoxy groups -OCH3 is 4. The molecule has 0 spiro atoms. The predicted molar refractivity (Wildman–Crippen MR) is 135 cm³/mol. The molecule has 0 amide bonds. The van der Waals surface area contributed by atoms with Crippen molar-refractivity contribution in [1.82, 2.24) is 0 Å². The minimum absolute atomic E-state index is 0.185. The van der Waals surface area contributed by atoms with Crippen molar-refractivity contribution < 1.29 is 28.4 Å². The molecule has 0 aromatic heterocycles. The lowest BCUT2D eigenvalue weighted by Gasteiger charge is -2.31. The third kappa shape index (κ3) is 3.48. The number of hydrogen-bond donors (Lipinski definition) is 0. The third-order valence-electron chi connectivity index (χ3n) is 6.31. The van der Waals surface area contributed by atoms with Gasteiger partial charge in [0.05, 0.1) is 35.6 Å². The molecular formula is C23H26I2O6. The Morgan fingerprint density at radius 3 is 1.68 bits per heavy atom. The lowest BCUT2D eigenvalue weighted by molar-refractivity contribution is 0.170. The number of fused-ring (bicyclic) bond motifs is 4. The van der Waals surface area contributed by atoms with Gasteiger partial charge in [0.15, 0.2) is 23.0 Å². The van der Waals surface area contributed by atoms with Crippen LogP contribution in [0.15, 0.2) is 0 Å². The molecule has 0 unspecified atom stereocenters. The quantitative estimate of drug-likeness (QED) is 0.396. The van der Waals surface area contributed by atoms with Gasteiger partial charge >= 0.3 is 0 Å². The van der Waals surface area contributed by atoms with Crippen LogP contribution in [0.25, 0.3) is 11.1 Å². The van der Waals surface area contributed by atoms with Gasteiger partial charge in [-0.15, -0.1) is 0 Å². The Hall–Kier alpha value is -1.30. The van der Waals surface area contributed by atoms with E-state index < -0.39 is 0 Å². The van der Waals surface area contributed by atoms with Crippen molar-refractivity contribution in [3.05, 3.63) is 18.3 Å². The molecule has 0 saturated carbocycles. The SMILES string of the molecule is COc1c(I)c2c(c(OC)c1OC)-c1c(c(I)c3c(c1OC)OCO3)C[C@H](C)[C@H](C)C2. The Kier molecular flexibility index (Phi) is 6.58. The molecule has 4 rings (SSSR count). The highest BCUT2D eigenvalue weighted by Gasteiger charge is 2.37. The van der Waals surface area contributed by atoms with Crippen molar-refractivity contribution in [2.75, 3.05) is 35.2 Å². The second-order valence-electron chi connectivity index (χ2n) is 7.90. The maximum atomic E-state index is 5.97. The van der Waals surface area contributed by atoms with E-state index in [1.807, 2.05) is 0 Å². The fraction of sp³-hybridized carbons (Fsp3) is 0.478. The fourth-order valence-corrected chi connectivity index (χ4v) is 6.37. The standard InChI is InChI=1S/C23H26I2O6/c1-10-7-12-14(18(26-3)22(29-6)20(28-5)16(12)24)15-13(8-11(10)2)17(25)21-23(19(15)27-4)31-9-30-21/h10-11H,7-9H2,1-6H3/t10-,11+/m1/s1. The number of ether oxygens (including phenoxy) is 6. The van der Waals surface area contributed by atoms with Gasteiger partial charge in [0.25, 0.3) is 0 Å². The Morgan fingerprint density at radius 2 is 1.13 bits per heavy atom. The summed E-state index contributed by atoms with van der Waals surface area (Å²) in [6, 6.07) is 0. The largest absolute Gasteiger partial charge is 0.492 e. The summed E-state index contributed by atoms with van der Waals surface area (Å²) < 4.78 is 37.2. The Balaban J connectivity index is 2.22. The minimum atomic E-state index is 0.185.